The van der Waals surface area contributed by atoms with Crippen LogP contribution in [0.1, 0.15) is 19.8 Å². The smallest absolute Gasteiger partial charge is 0.232 e. The topological polar surface area (TPSA) is 86.8 Å². The van der Waals surface area contributed by atoms with Gasteiger partial charge in [-0.05, 0) is 6.42 Å². The van der Waals surface area contributed by atoms with Crippen molar-refractivity contribution in [3.8, 4) is 0 Å². The third-order valence-electron chi connectivity index (χ3n) is 2.79. The average molecular weight is 246 g/mol. The second kappa shape index (κ2) is 5.56. The molecule has 5 nitrogen and oxygen atoms in total. The lowest BCUT2D eigenvalue weighted by atomic mass is 10.0. The van der Waals surface area contributed by atoms with E-state index in [2.05, 4.69) is 0 Å². The maximum absolute atomic E-state index is 12.0. The van der Waals surface area contributed by atoms with Crippen molar-refractivity contribution in [2.45, 2.75) is 32.0 Å². The molecule has 0 spiro atoms. The molecule has 0 radical (unpaired) electrons. The van der Waals surface area contributed by atoms with Crippen molar-refractivity contribution < 1.29 is 15.0 Å². The summed E-state index contributed by atoms with van der Waals surface area (Å²) in [4.78, 5) is 13.6. The van der Waals surface area contributed by atoms with Gasteiger partial charge in [-0.15, -0.1) is 0 Å². The summed E-state index contributed by atoms with van der Waals surface area (Å²) in [6.07, 6.45) is -0.307. The lowest BCUT2D eigenvalue weighted by molar-refractivity contribution is -0.133. The number of carbonyl (C=O) groups is 1. The molecule has 1 aliphatic heterocycles. The van der Waals surface area contributed by atoms with Crippen LogP contribution in [0.3, 0.4) is 0 Å². The van der Waals surface area contributed by atoms with Crippen LogP contribution in [0.25, 0.3) is 0 Å². The fourth-order valence-electron chi connectivity index (χ4n) is 1.85. The van der Waals surface area contributed by atoms with Crippen molar-refractivity contribution in [2.24, 2.45) is 11.7 Å². The van der Waals surface area contributed by atoms with Crippen molar-refractivity contribution in [1.29, 1.82) is 0 Å². The largest absolute Gasteiger partial charge is 0.393 e. The molecule has 1 amide bonds. The fourth-order valence-corrected chi connectivity index (χ4v) is 2.06. The van der Waals surface area contributed by atoms with Gasteiger partial charge in [-0.2, -0.15) is 0 Å². The predicted molar refractivity (Wildman–Crippen MR) is 63.8 cm³/mol. The van der Waals surface area contributed by atoms with E-state index in [4.69, 9.17) is 18.0 Å². The van der Waals surface area contributed by atoms with Gasteiger partial charge in [-0.25, -0.2) is 0 Å². The molecular formula is C10H18N2O3S. The molecule has 0 aromatic rings. The molecule has 1 aliphatic rings. The first-order chi connectivity index (χ1) is 7.47. The van der Waals surface area contributed by atoms with Crippen LogP contribution >= 0.6 is 12.2 Å². The van der Waals surface area contributed by atoms with Gasteiger partial charge in [0.25, 0.3) is 0 Å². The summed E-state index contributed by atoms with van der Waals surface area (Å²) >= 11 is 4.86. The number of rotatable bonds is 4. The number of hydrogen-bond donors (Lipinski definition) is 3. The van der Waals surface area contributed by atoms with Gasteiger partial charge >= 0.3 is 0 Å². The SMILES string of the molecule is CCCC(C(=O)N1CC(O)C(O)C1)C(N)=S. The highest BCUT2D eigenvalue weighted by Gasteiger charge is 2.35. The molecule has 1 heterocycles. The maximum Gasteiger partial charge on any atom is 0.232 e. The number of nitrogens with two attached hydrogens (primary N) is 1. The third-order valence-corrected chi connectivity index (χ3v) is 3.07. The van der Waals surface area contributed by atoms with Crippen molar-refractivity contribution in [1.82, 2.24) is 4.90 Å². The van der Waals surface area contributed by atoms with E-state index in [9.17, 15) is 15.0 Å². The van der Waals surface area contributed by atoms with Crippen LogP contribution in [0.4, 0.5) is 0 Å². The first-order valence-corrected chi connectivity index (χ1v) is 5.82. The van der Waals surface area contributed by atoms with E-state index in [-0.39, 0.29) is 24.0 Å². The fraction of sp³-hybridized carbons (Fsp3) is 0.800. The summed E-state index contributed by atoms with van der Waals surface area (Å²) in [7, 11) is 0. The van der Waals surface area contributed by atoms with Crippen molar-refractivity contribution >= 4 is 23.1 Å². The summed E-state index contributed by atoms with van der Waals surface area (Å²) < 4.78 is 0. The van der Waals surface area contributed by atoms with Crippen LogP contribution in [0.5, 0.6) is 0 Å². The minimum atomic E-state index is -0.863. The van der Waals surface area contributed by atoms with Gasteiger partial charge in [-0.3, -0.25) is 4.79 Å². The lowest BCUT2D eigenvalue weighted by Gasteiger charge is -2.21. The highest BCUT2D eigenvalue weighted by molar-refractivity contribution is 7.80. The zero-order valence-corrected chi connectivity index (χ0v) is 10.1. The molecule has 16 heavy (non-hydrogen) atoms. The molecule has 0 aromatic heterocycles. The molecule has 3 unspecified atom stereocenters. The standard InChI is InChI=1S/C10H18N2O3S/c1-2-3-6(9(11)16)10(15)12-4-7(13)8(14)5-12/h6-8,13-14H,2-5H2,1H3,(H2,11,16). The van der Waals surface area contributed by atoms with Crippen LogP contribution in [-0.2, 0) is 4.79 Å². The molecule has 0 aliphatic carbocycles. The zero-order valence-electron chi connectivity index (χ0n) is 9.30. The summed E-state index contributed by atoms with van der Waals surface area (Å²) in [5.41, 5.74) is 5.52. The van der Waals surface area contributed by atoms with Gasteiger partial charge in [0.15, 0.2) is 0 Å². The second-order valence-corrected chi connectivity index (χ2v) is 4.59. The van der Waals surface area contributed by atoms with Crippen LogP contribution in [0, 0.1) is 5.92 Å². The number of likely N-dealkylation sites (tertiary alicyclic amines) is 1. The molecular weight excluding hydrogens is 228 g/mol. The third kappa shape index (κ3) is 2.90. The minimum absolute atomic E-state index is 0.156. The first kappa shape index (κ1) is 13.3. The molecule has 6 heteroatoms. The van der Waals surface area contributed by atoms with Crippen molar-refractivity contribution in [3.05, 3.63) is 0 Å². The normalized spacial score (nSPS) is 26.8. The van der Waals surface area contributed by atoms with Gasteiger partial charge in [0, 0.05) is 13.1 Å². The van der Waals surface area contributed by atoms with Gasteiger partial charge in [0.1, 0.15) is 0 Å². The Morgan fingerprint density at radius 1 is 1.50 bits per heavy atom. The summed E-state index contributed by atoms with van der Waals surface area (Å²) in [5, 5.41) is 18.7. The molecule has 3 atom stereocenters. The quantitative estimate of drug-likeness (QED) is 0.568. The van der Waals surface area contributed by atoms with E-state index in [0.717, 1.165) is 6.42 Å². The Morgan fingerprint density at radius 2 is 2.00 bits per heavy atom. The minimum Gasteiger partial charge on any atom is -0.393 e. The Balaban J connectivity index is 2.65. The van der Waals surface area contributed by atoms with Crippen molar-refractivity contribution in [2.75, 3.05) is 13.1 Å². The number of β-amino-alcohol motifs (C(OH)–C–C–N with tert-alkyl or cyclic N) is 2. The number of thiocarbonyl (C=S) groups is 1. The van der Waals surface area contributed by atoms with Gasteiger partial charge in [0.2, 0.25) is 5.91 Å². The van der Waals surface area contributed by atoms with Crippen molar-refractivity contribution in [3.63, 3.8) is 0 Å². The van der Waals surface area contributed by atoms with Crippen LogP contribution < -0.4 is 5.73 Å². The van der Waals surface area contributed by atoms with E-state index >= 15 is 0 Å². The monoisotopic (exact) mass is 246 g/mol. The molecule has 1 fully saturated rings. The lowest BCUT2D eigenvalue weighted by Crippen LogP contribution is -2.40. The number of hydrogen-bond acceptors (Lipinski definition) is 4. The average Bonchev–Trinajstić information content (AvgIpc) is 2.54. The van der Waals surface area contributed by atoms with Gasteiger partial charge in [-0.1, -0.05) is 25.6 Å². The molecule has 0 saturated carbocycles. The van der Waals surface area contributed by atoms with E-state index in [1.165, 1.54) is 4.90 Å². The number of aliphatic hydroxyl groups is 2. The molecule has 0 bridgehead atoms. The Hall–Kier alpha value is -0.720. The summed E-state index contributed by atoms with van der Waals surface area (Å²) in [6.45, 7) is 2.26. The molecule has 1 saturated heterocycles. The Kier molecular flexibility index (Phi) is 4.64. The summed E-state index contributed by atoms with van der Waals surface area (Å²) in [6, 6.07) is 0. The zero-order chi connectivity index (χ0) is 12.3. The van der Waals surface area contributed by atoms with Gasteiger partial charge < -0.3 is 20.8 Å². The Bertz CT molecular complexity index is 275. The van der Waals surface area contributed by atoms with Crippen LogP contribution in [-0.4, -0.2) is 51.3 Å². The number of carbonyl (C=O) groups excluding carboxylic acids is 1. The molecule has 92 valence electrons. The highest BCUT2D eigenvalue weighted by atomic mass is 32.1. The highest BCUT2D eigenvalue weighted by Crippen LogP contribution is 2.17. The Morgan fingerprint density at radius 3 is 2.38 bits per heavy atom. The molecule has 1 rings (SSSR count). The first-order valence-electron chi connectivity index (χ1n) is 5.41. The molecule has 4 N–H and O–H groups in total. The second-order valence-electron chi connectivity index (χ2n) is 4.12. The van der Waals surface area contributed by atoms with Crippen LogP contribution in [0.2, 0.25) is 0 Å². The van der Waals surface area contributed by atoms with E-state index < -0.39 is 18.1 Å². The van der Waals surface area contributed by atoms with Crippen LogP contribution in [0.15, 0.2) is 0 Å². The van der Waals surface area contributed by atoms with E-state index in [0.29, 0.717) is 6.42 Å². The summed E-state index contributed by atoms with van der Waals surface area (Å²) in [5.74, 6) is -0.664. The van der Waals surface area contributed by atoms with E-state index in [1.54, 1.807) is 0 Å². The molecule has 0 aromatic carbocycles. The Labute approximate surface area is 100 Å². The number of amides is 1. The van der Waals surface area contributed by atoms with Gasteiger partial charge in [0.05, 0.1) is 23.1 Å². The number of nitrogens with zero attached hydrogens (tertiary/aromatic N) is 1. The maximum atomic E-state index is 12.0. The number of aliphatic hydroxyl groups excluding tert-OH is 2. The predicted octanol–water partition coefficient (Wildman–Crippen LogP) is -0.747. The van der Waals surface area contributed by atoms with E-state index in [1.807, 2.05) is 6.92 Å².